The SMILES string of the molecule is C[C@H](OC(=O)c1ccc(CO)cc1)C(=O)c1ccc(C(C)(C)C)cc1. The molecule has 0 aromatic heterocycles. The molecule has 25 heavy (non-hydrogen) atoms. The normalized spacial score (nSPS) is 12.5. The number of rotatable bonds is 5. The van der Waals surface area contributed by atoms with Crippen LogP contribution in [-0.2, 0) is 16.8 Å². The molecule has 0 radical (unpaired) electrons. The van der Waals surface area contributed by atoms with Gasteiger partial charge in [-0.05, 0) is 35.6 Å². The minimum absolute atomic E-state index is 0.0143. The maximum Gasteiger partial charge on any atom is 0.338 e. The summed E-state index contributed by atoms with van der Waals surface area (Å²) in [6.07, 6.45) is -0.870. The highest BCUT2D eigenvalue weighted by Gasteiger charge is 2.21. The Morgan fingerprint density at radius 3 is 1.96 bits per heavy atom. The maximum absolute atomic E-state index is 12.5. The van der Waals surface area contributed by atoms with Gasteiger partial charge in [0.2, 0.25) is 5.78 Å². The Balaban J connectivity index is 2.05. The van der Waals surface area contributed by atoms with Gasteiger partial charge < -0.3 is 9.84 Å². The molecule has 0 unspecified atom stereocenters. The number of aliphatic hydroxyl groups is 1. The Morgan fingerprint density at radius 1 is 0.960 bits per heavy atom. The third-order valence-corrected chi connectivity index (χ3v) is 4.06. The summed E-state index contributed by atoms with van der Waals surface area (Å²) < 4.78 is 5.27. The summed E-state index contributed by atoms with van der Waals surface area (Å²) in [4.78, 5) is 24.6. The zero-order chi connectivity index (χ0) is 18.6. The first-order chi connectivity index (χ1) is 11.7. The molecule has 4 heteroatoms. The van der Waals surface area contributed by atoms with Crippen molar-refractivity contribution >= 4 is 11.8 Å². The van der Waals surface area contributed by atoms with Crippen molar-refractivity contribution in [1.82, 2.24) is 0 Å². The van der Waals surface area contributed by atoms with Crippen LogP contribution in [0.1, 0.15) is 59.5 Å². The van der Waals surface area contributed by atoms with Gasteiger partial charge in [-0.25, -0.2) is 4.79 Å². The van der Waals surface area contributed by atoms with E-state index in [1.54, 1.807) is 43.3 Å². The summed E-state index contributed by atoms with van der Waals surface area (Å²) in [6.45, 7) is 7.80. The molecule has 2 aromatic carbocycles. The van der Waals surface area contributed by atoms with Crippen molar-refractivity contribution in [2.24, 2.45) is 0 Å². The second-order valence-corrected chi connectivity index (χ2v) is 7.09. The lowest BCUT2D eigenvalue weighted by Gasteiger charge is -2.19. The summed E-state index contributed by atoms with van der Waals surface area (Å²) in [5.74, 6) is -0.794. The molecule has 0 heterocycles. The predicted octanol–water partition coefficient (Wildman–Crippen LogP) is 3.90. The van der Waals surface area contributed by atoms with E-state index < -0.39 is 12.1 Å². The predicted molar refractivity (Wildman–Crippen MR) is 96.7 cm³/mol. The van der Waals surface area contributed by atoms with Crippen LogP contribution in [0.25, 0.3) is 0 Å². The monoisotopic (exact) mass is 340 g/mol. The van der Waals surface area contributed by atoms with Crippen molar-refractivity contribution in [3.05, 3.63) is 70.8 Å². The number of carbonyl (C=O) groups excluding carboxylic acids is 2. The Labute approximate surface area is 148 Å². The summed E-state index contributed by atoms with van der Waals surface area (Å²) in [5, 5.41) is 9.02. The van der Waals surface area contributed by atoms with Gasteiger partial charge in [-0.2, -0.15) is 0 Å². The van der Waals surface area contributed by atoms with Gasteiger partial charge >= 0.3 is 5.97 Å². The van der Waals surface area contributed by atoms with Gasteiger partial charge in [-0.3, -0.25) is 4.79 Å². The third kappa shape index (κ3) is 4.77. The molecule has 2 rings (SSSR count). The number of Topliss-reactive ketones (excluding diaryl/α,β-unsaturated/α-hetero) is 1. The maximum atomic E-state index is 12.5. The van der Waals surface area contributed by atoms with E-state index in [-0.39, 0.29) is 17.8 Å². The fraction of sp³-hybridized carbons (Fsp3) is 0.333. The average molecular weight is 340 g/mol. The molecule has 0 fully saturated rings. The van der Waals surface area contributed by atoms with Gasteiger partial charge in [-0.1, -0.05) is 57.2 Å². The summed E-state index contributed by atoms with van der Waals surface area (Å²) in [6, 6.07) is 13.8. The Bertz CT molecular complexity index is 737. The van der Waals surface area contributed by atoms with Crippen molar-refractivity contribution in [2.75, 3.05) is 0 Å². The van der Waals surface area contributed by atoms with Crippen molar-refractivity contribution in [3.63, 3.8) is 0 Å². The quantitative estimate of drug-likeness (QED) is 0.662. The van der Waals surface area contributed by atoms with Gasteiger partial charge in [0.05, 0.1) is 12.2 Å². The van der Waals surface area contributed by atoms with E-state index in [9.17, 15) is 9.59 Å². The van der Waals surface area contributed by atoms with Crippen molar-refractivity contribution in [1.29, 1.82) is 0 Å². The third-order valence-electron chi connectivity index (χ3n) is 4.06. The van der Waals surface area contributed by atoms with Crippen LogP contribution in [0.5, 0.6) is 0 Å². The molecular formula is C21H24O4. The molecule has 0 saturated carbocycles. The number of ether oxygens (including phenoxy) is 1. The Kier molecular flexibility index (Phi) is 5.75. The van der Waals surface area contributed by atoms with E-state index in [2.05, 4.69) is 20.8 Å². The van der Waals surface area contributed by atoms with Crippen molar-refractivity contribution in [2.45, 2.75) is 45.8 Å². The number of esters is 1. The van der Waals surface area contributed by atoms with E-state index in [0.717, 1.165) is 5.56 Å². The Morgan fingerprint density at radius 2 is 1.48 bits per heavy atom. The summed E-state index contributed by atoms with van der Waals surface area (Å²) in [5.41, 5.74) is 2.72. The van der Waals surface area contributed by atoms with Gasteiger partial charge in [0, 0.05) is 5.56 Å². The van der Waals surface area contributed by atoms with Crippen LogP contribution in [0.15, 0.2) is 48.5 Å². The second kappa shape index (κ2) is 7.62. The van der Waals surface area contributed by atoms with E-state index in [0.29, 0.717) is 16.7 Å². The number of hydrogen-bond acceptors (Lipinski definition) is 4. The van der Waals surface area contributed by atoms with E-state index in [4.69, 9.17) is 9.84 Å². The standard InChI is InChI=1S/C21H24O4/c1-14(25-20(24)17-7-5-15(13-22)6-8-17)19(23)16-9-11-18(12-10-16)21(2,3)4/h5-12,14,22H,13H2,1-4H3/t14-/m0/s1. The highest BCUT2D eigenvalue weighted by Crippen LogP contribution is 2.22. The van der Waals surface area contributed by atoms with Crippen LogP contribution in [0, 0.1) is 0 Å². The van der Waals surface area contributed by atoms with Gasteiger partial charge in [-0.15, -0.1) is 0 Å². The highest BCUT2D eigenvalue weighted by atomic mass is 16.5. The minimum Gasteiger partial charge on any atom is -0.451 e. The first kappa shape index (κ1) is 18.9. The lowest BCUT2D eigenvalue weighted by atomic mass is 9.86. The molecule has 0 amide bonds. The van der Waals surface area contributed by atoms with Crippen molar-refractivity contribution < 1.29 is 19.4 Å². The first-order valence-electron chi connectivity index (χ1n) is 8.28. The molecule has 0 aliphatic carbocycles. The van der Waals surface area contributed by atoms with E-state index in [1.807, 2.05) is 12.1 Å². The fourth-order valence-electron chi connectivity index (χ4n) is 2.40. The molecule has 0 saturated heterocycles. The molecule has 4 nitrogen and oxygen atoms in total. The smallest absolute Gasteiger partial charge is 0.338 e. The molecular weight excluding hydrogens is 316 g/mol. The number of carbonyl (C=O) groups is 2. The van der Waals surface area contributed by atoms with Crippen LogP contribution in [0.4, 0.5) is 0 Å². The van der Waals surface area contributed by atoms with Crippen LogP contribution in [0.2, 0.25) is 0 Å². The van der Waals surface area contributed by atoms with Crippen LogP contribution < -0.4 is 0 Å². The largest absolute Gasteiger partial charge is 0.451 e. The molecule has 1 atom stereocenters. The van der Waals surface area contributed by atoms with Gasteiger partial charge in [0.15, 0.2) is 6.10 Å². The minimum atomic E-state index is -0.870. The average Bonchev–Trinajstić information content (AvgIpc) is 2.60. The summed E-state index contributed by atoms with van der Waals surface area (Å²) >= 11 is 0. The topological polar surface area (TPSA) is 63.6 Å². The molecule has 1 N–H and O–H groups in total. The summed E-state index contributed by atoms with van der Waals surface area (Å²) in [7, 11) is 0. The molecule has 0 spiro atoms. The van der Waals surface area contributed by atoms with Crippen LogP contribution >= 0.6 is 0 Å². The second-order valence-electron chi connectivity index (χ2n) is 7.09. The molecule has 0 aliphatic heterocycles. The lowest BCUT2D eigenvalue weighted by molar-refractivity contribution is 0.0319. The molecule has 0 aliphatic rings. The van der Waals surface area contributed by atoms with Crippen LogP contribution in [0.3, 0.4) is 0 Å². The van der Waals surface area contributed by atoms with E-state index in [1.165, 1.54) is 0 Å². The van der Waals surface area contributed by atoms with Crippen LogP contribution in [-0.4, -0.2) is 23.0 Å². The highest BCUT2D eigenvalue weighted by molar-refractivity contribution is 6.01. The lowest BCUT2D eigenvalue weighted by Crippen LogP contribution is -2.24. The number of ketones is 1. The number of hydrogen-bond donors (Lipinski definition) is 1. The first-order valence-corrected chi connectivity index (χ1v) is 8.28. The van der Waals surface area contributed by atoms with E-state index >= 15 is 0 Å². The molecule has 2 aromatic rings. The van der Waals surface area contributed by atoms with Gasteiger partial charge in [0.1, 0.15) is 0 Å². The zero-order valence-corrected chi connectivity index (χ0v) is 15.1. The zero-order valence-electron chi connectivity index (χ0n) is 15.1. The fourth-order valence-corrected chi connectivity index (χ4v) is 2.40. The molecule has 0 bridgehead atoms. The number of benzene rings is 2. The number of aliphatic hydroxyl groups excluding tert-OH is 1. The van der Waals surface area contributed by atoms with Crippen molar-refractivity contribution in [3.8, 4) is 0 Å². The Hall–Kier alpha value is -2.46. The van der Waals surface area contributed by atoms with Gasteiger partial charge in [0.25, 0.3) is 0 Å². The molecule has 132 valence electrons.